The van der Waals surface area contributed by atoms with E-state index in [1.54, 1.807) is 0 Å². The van der Waals surface area contributed by atoms with Gasteiger partial charge in [-0.05, 0) is 6.92 Å². The third-order valence-electron chi connectivity index (χ3n) is 1.30. The Bertz CT molecular complexity index is 231. The van der Waals surface area contributed by atoms with Crippen LogP contribution in [-0.4, -0.2) is 28.4 Å². The van der Waals surface area contributed by atoms with Crippen molar-refractivity contribution in [3.8, 4) is 0 Å². The molecule has 0 aromatic heterocycles. The van der Waals surface area contributed by atoms with Crippen LogP contribution in [0.25, 0.3) is 0 Å². The first-order valence-electron chi connectivity index (χ1n) is 3.37. The lowest BCUT2D eigenvalue weighted by Gasteiger charge is -2.13. The number of carbonyl (C=O) groups excluding carboxylic acids is 1. The normalized spacial score (nSPS) is 17.8. The van der Waals surface area contributed by atoms with Crippen LogP contribution in [0.2, 0.25) is 0 Å². The van der Waals surface area contributed by atoms with Crippen LogP contribution >= 0.6 is 23.5 Å². The fourth-order valence-corrected chi connectivity index (χ4v) is 3.09. The van der Waals surface area contributed by atoms with E-state index in [1.165, 1.54) is 30.4 Å². The van der Waals surface area contributed by atoms with E-state index in [4.69, 9.17) is 5.11 Å². The van der Waals surface area contributed by atoms with Gasteiger partial charge in [0.15, 0.2) is 5.78 Å². The Hall–Kier alpha value is -0.420. The van der Waals surface area contributed by atoms with Crippen molar-refractivity contribution < 1.29 is 14.7 Å². The van der Waals surface area contributed by atoms with Crippen LogP contribution in [0, 0.1) is 0 Å². The third-order valence-corrected chi connectivity index (χ3v) is 3.95. The highest BCUT2D eigenvalue weighted by Gasteiger charge is 2.22. The van der Waals surface area contributed by atoms with Gasteiger partial charge in [0.2, 0.25) is 0 Å². The van der Waals surface area contributed by atoms with Crippen molar-refractivity contribution in [2.45, 2.75) is 6.92 Å². The first kappa shape index (κ1) is 9.67. The average Bonchev–Trinajstić information content (AvgIpc) is 2.04. The summed E-state index contributed by atoms with van der Waals surface area (Å²) in [6.07, 6.45) is 0. The van der Waals surface area contributed by atoms with Gasteiger partial charge < -0.3 is 5.11 Å². The van der Waals surface area contributed by atoms with Crippen LogP contribution in [0.5, 0.6) is 0 Å². The minimum absolute atomic E-state index is 0.149. The van der Waals surface area contributed by atoms with Crippen molar-refractivity contribution in [1.82, 2.24) is 0 Å². The summed E-state index contributed by atoms with van der Waals surface area (Å²) in [7, 11) is 0. The van der Waals surface area contributed by atoms with Crippen molar-refractivity contribution in [2.75, 3.05) is 11.5 Å². The Morgan fingerprint density at radius 1 is 1.25 bits per heavy atom. The summed E-state index contributed by atoms with van der Waals surface area (Å²) in [5.41, 5.74) is 0. The Morgan fingerprint density at radius 3 is 2.08 bits per heavy atom. The molecule has 0 radical (unpaired) electrons. The molecule has 0 aliphatic carbocycles. The number of allylic oxidation sites excluding steroid dienone is 1. The van der Waals surface area contributed by atoms with E-state index in [9.17, 15) is 9.59 Å². The molecular weight excluding hydrogens is 196 g/mol. The van der Waals surface area contributed by atoms with Crippen LogP contribution in [0.15, 0.2) is 9.81 Å². The minimum Gasteiger partial charge on any atom is -0.477 e. The van der Waals surface area contributed by atoms with E-state index in [-0.39, 0.29) is 10.7 Å². The Kier molecular flexibility index (Phi) is 3.22. The maximum Gasteiger partial charge on any atom is 0.343 e. The van der Waals surface area contributed by atoms with Gasteiger partial charge in [0, 0.05) is 11.5 Å². The second-order valence-electron chi connectivity index (χ2n) is 2.22. The molecule has 0 fully saturated rings. The summed E-state index contributed by atoms with van der Waals surface area (Å²) < 4.78 is 0. The van der Waals surface area contributed by atoms with E-state index in [1.807, 2.05) is 0 Å². The van der Waals surface area contributed by atoms with Crippen LogP contribution < -0.4 is 0 Å². The molecule has 0 aromatic rings. The molecule has 0 saturated heterocycles. The van der Waals surface area contributed by atoms with Crippen molar-refractivity contribution in [3.05, 3.63) is 9.81 Å². The molecule has 0 unspecified atom stereocenters. The van der Waals surface area contributed by atoms with Crippen LogP contribution in [0.3, 0.4) is 0 Å². The maximum atomic E-state index is 11.0. The van der Waals surface area contributed by atoms with E-state index < -0.39 is 5.97 Å². The lowest BCUT2D eigenvalue weighted by atomic mass is 10.4. The van der Waals surface area contributed by atoms with Crippen LogP contribution in [-0.2, 0) is 9.59 Å². The lowest BCUT2D eigenvalue weighted by molar-refractivity contribution is -0.132. The zero-order valence-corrected chi connectivity index (χ0v) is 8.13. The summed E-state index contributed by atoms with van der Waals surface area (Å²) in [6.45, 7) is 1.40. The van der Waals surface area contributed by atoms with Crippen molar-refractivity contribution in [2.24, 2.45) is 0 Å². The molecule has 1 heterocycles. The van der Waals surface area contributed by atoms with Gasteiger partial charge in [0.25, 0.3) is 0 Å². The predicted molar refractivity (Wildman–Crippen MR) is 50.3 cm³/mol. The molecule has 1 N–H and O–H groups in total. The number of rotatable bonds is 2. The summed E-state index contributed by atoms with van der Waals surface area (Å²) >= 11 is 2.58. The molecule has 1 rings (SSSR count). The van der Waals surface area contributed by atoms with Crippen LogP contribution in [0.4, 0.5) is 0 Å². The molecule has 1 aliphatic heterocycles. The van der Waals surface area contributed by atoms with Gasteiger partial charge in [-0.3, -0.25) is 4.79 Å². The number of carbonyl (C=O) groups is 2. The molecule has 0 saturated carbocycles. The molecule has 5 heteroatoms. The largest absolute Gasteiger partial charge is 0.477 e. The highest BCUT2D eigenvalue weighted by atomic mass is 32.2. The molecule has 0 aromatic carbocycles. The Balaban J connectivity index is 2.99. The van der Waals surface area contributed by atoms with E-state index in [2.05, 4.69) is 0 Å². The number of Topliss-reactive ketones (excluding diaryl/α,β-unsaturated/α-hetero) is 1. The highest BCUT2D eigenvalue weighted by Crippen LogP contribution is 2.34. The molecule has 0 amide bonds. The fourth-order valence-electron chi connectivity index (χ4n) is 0.839. The average molecular weight is 204 g/mol. The van der Waals surface area contributed by atoms with E-state index in [0.29, 0.717) is 4.91 Å². The molecule has 66 valence electrons. The summed E-state index contributed by atoms with van der Waals surface area (Å²) in [5, 5.41) is 8.71. The maximum absolute atomic E-state index is 11.0. The van der Waals surface area contributed by atoms with E-state index in [0.717, 1.165) is 11.5 Å². The van der Waals surface area contributed by atoms with Crippen molar-refractivity contribution in [1.29, 1.82) is 0 Å². The third kappa shape index (κ3) is 2.04. The van der Waals surface area contributed by atoms with Crippen LogP contribution in [0.1, 0.15) is 6.92 Å². The second-order valence-corrected chi connectivity index (χ2v) is 4.43. The number of ketones is 1. The first-order valence-corrected chi connectivity index (χ1v) is 5.34. The highest BCUT2D eigenvalue weighted by molar-refractivity contribution is 8.11. The first-order chi connectivity index (χ1) is 5.63. The quantitative estimate of drug-likeness (QED) is 0.736. The lowest BCUT2D eigenvalue weighted by Crippen LogP contribution is -2.10. The number of hydrogen-bond donors (Lipinski definition) is 1. The Morgan fingerprint density at radius 2 is 1.75 bits per heavy atom. The molecule has 12 heavy (non-hydrogen) atoms. The van der Waals surface area contributed by atoms with Gasteiger partial charge in [-0.15, -0.1) is 23.5 Å². The predicted octanol–water partition coefficient (Wildman–Crippen LogP) is 1.35. The molecule has 0 bridgehead atoms. The topological polar surface area (TPSA) is 54.4 Å². The summed E-state index contributed by atoms with van der Waals surface area (Å²) in [6, 6.07) is 0. The van der Waals surface area contributed by atoms with Crippen molar-refractivity contribution in [3.63, 3.8) is 0 Å². The minimum atomic E-state index is -0.989. The van der Waals surface area contributed by atoms with Crippen molar-refractivity contribution >= 4 is 35.3 Å². The standard InChI is InChI=1S/C7H8O3S2/c1-4(8)5-6(7(9)10)12-3-2-11-5/h2-3H2,1H3,(H,9,10). The van der Waals surface area contributed by atoms with Gasteiger partial charge in [-0.25, -0.2) is 4.79 Å². The smallest absolute Gasteiger partial charge is 0.343 e. The summed E-state index contributed by atoms with van der Waals surface area (Å²) in [5.74, 6) is 0.446. The number of aliphatic carboxylic acids is 1. The van der Waals surface area contributed by atoms with Gasteiger partial charge >= 0.3 is 5.97 Å². The van der Waals surface area contributed by atoms with Gasteiger partial charge in [0.05, 0.1) is 4.91 Å². The number of hydrogen-bond acceptors (Lipinski definition) is 4. The monoisotopic (exact) mass is 204 g/mol. The van der Waals surface area contributed by atoms with Gasteiger partial charge in [-0.1, -0.05) is 0 Å². The number of thioether (sulfide) groups is 2. The molecule has 0 atom stereocenters. The second kappa shape index (κ2) is 4.00. The Labute approximate surface area is 78.6 Å². The zero-order valence-electron chi connectivity index (χ0n) is 6.49. The zero-order chi connectivity index (χ0) is 9.14. The van der Waals surface area contributed by atoms with E-state index >= 15 is 0 Å². The summed E-state index contributed by atoms with van der Waals surface area (Å²) in [4.78, 5) is 22.2. The molecular formula is C7H8O3S2. The molecule has 0 spiro atoms. The number of carboxylic acids is 1. The fraction of sp³-hybridized carbons (Fsp3) is 0.429. The van der Waals surface area contributed by atoms with Gasteiger partial charge in [-0.2, -0.15) is 0 Å². The number of carboxylic acid groups (broad SMARTS) is 1. The molecule has 1 aliphatic rings. The van der Waals surface area contributed by atoms with Gasteiger partial charge in [0.1, 0.15) is 4.91 Å². The molecule has 3 nitrogen and oxygen atoms in total. The SMILES string of the molecule is CC(=O)C1=C(C(=O)O)SCCS1.